The average Bonchev–Trinajstić information content (AvgIpc) is 2.65. The minimum Gasteiger partial charge on any atom is -0.497 e. The predicted molar refractivity (Wildman–Crippen MR) is 103 cm³/mol. The van der Waals surface area contributed by atoms with Crippen molar-refractivity contribution in [1.29, 1.82) is 0 Å². The van der Waals surface area contributed by atoms with E-state index in [1.54, 1.807) is 49.6 Å². The van der Waals surface area contributed by atoms with Crippen molar-refractivity contribution in [3.05, 3.63) is 66.7 Å². The first-order valence-corrected chi connectivity index (χ1v) is 7.94. The number of hydrogen-bond acceptors (Lipinski definition) is 5. The van der Waals surface area contributed by atoms with E-state index in [2.05, 4.69) is 5.32 Å². The van der Waals surface area contributed by atoms with Crippen LogP contribution in [0, 0.1) is 0 Å². The van der Waals surface area contributed by atoms with Crippen molar-refractivity contribution < 1.29 is 14.3 Å². The zero-order valence-corrected chi connectivity index (χ0v) is 14.2. The Bertz CT molecular complexity index is 924. The fourth-order valence-corrected chi connectivity index (χ4v) is 2.54. The third-order valence-electron chi connectivity index (χ3n) is 3.86. The highest BCUT2D eigenvalue weighted by Crippen LogP contribution is 2.34. The van der Waals surface area contributed by atoms with Gasteiger partial charge in [-0.2, -0.15) is 0 Å². The Kier molecular flexibility index (Phi) is 4.94. The molecule has 5 N–H and O–H groups in total. The molecule has 0 spiro atoms. The van der Waals surface area contributed by atoms with Crippen molar-refractivity contribution in [2.45, 2.75) is 0 Å². The van der Waals surface area contributed by atoms with Crippen LogP contribution in [0.3, 0.4) is 0 Å². The fourth-order valence-electron chi connectivity index (χ4n) is 2.54. The average molecular weight is 349 g/mol. The number of carbonyl (C=O) groups is 1. The summed E-state index contributed by atoms with van der Waals surface area (Å²) in [4.78, 5) is 12.2. The summed E-state index contributed by atoms with van der Waals surface area (Å²) in [5.41, 5.74) is 15.3. The minimum absolute atomic E-state index is 0.394. The van der Waals surface area contributed by atoms with Crippen LogP contribution in [0.15, 0.2) is 66.7 Å². The van der Waals surface area contributed by atoms with E-state index in [1.807, 2.05) is 24.3 Å². The summed E-state index contributed by atoms with van der Waals surface area (Å²) in [5, 5.41) is 2.66. The SMILES string of the molecule is COc1ccc(OC(=O)Nc2cccc(-c3ccccc3N)c2N)cc1. The molecule has 3 aromatic rings. The zero-order valence-electron chi connectivity index (χ0n) is 14.2. The van der Waals surface area contributed by atoms with Gasteiger partial charge in [-0.3, -0.25) is 5.32 Å². The van der Waals surface area contributed by atoms with Crippen LogP contribution in [0.25, 0.3) is 11.1 Å². The summed E-state index contributed by atoms with van der Waals surface area (Å²) >= 11 is 0. The van der Waals surface area contributed by atoms with Gasteiger partial charge in [0.05, 0.1) is 18.5 Å². The molecule has 26 heavy (non-hydrogen) atoms. The number of ether oxygens (including phenoxy) is 2. The molecule has 0 aliphatic heterocycles. The number of hydrogen-bond donors (Lipinski definition) is 3. The van der Waals surface area contributed by atoms with E-state index < -0.39 is 6.09 Å². The van der Waals surface area contributed by atoms with Crippen LogP contribution in [-0.4, -0.2) is 13.2 Å². The first-order chi connectivity index (χ1) is 12.6. The van der Waals surface area contributed by atoms with Gasteiger partial charge in [0.2, 0.25) is 0 Å². The number of nitrogens with one attached hydrogen (secondary N) is 1. The molecule has 3 aromatic carbocycles. The Balaban J connectivity index is 1.78. The highest BCUT2D eigenvalue weighted by Gasteiger charge is 2.12. The number of carbonyl (C=O) groups excluding carboxylic acids is 1. The lowest BCUT2D eigenvalue weighted by Gasteiger charge is -2.14. The normalized spacial score (nSPS) is 10.2. The number of benzene rings is 3. The molecular weight excluding hydrogens is 330 g/mol. The van der Waals surface area contributed by atoms with Crippen molar-refractivity contribution in [3.63, 3.8) is 0 Å². The Hall–Kier alpha value is -3.67. The highest BCUT2D eigenvalue weighted by atomic mass is 16.6. The van der Waals surface area contributed by atoms with Crippen molar-refractivity contribution in [1.82, 2.24) is 0 Å². The highest BCUT2D eigenvalue weighted by molar-refractivity contribution is 5.96. The Morgan fingerprint density at radius 3 is 2.19 bits per heavy atom. The molecule has 0 unspecified atom stereocenters. The Labute approximate surface area is 151 Å². The molecule has 0 aliphatic carbocycles. The largest absolute Gasteiger partial charge is 0.497 e. The molecule has 0 bridgehead atoms. The van der Waals surface area contributed by atoms with Crippen molar-refractivity contribution in [2.75, 3.05) is 23.9 Å². The summed E-state index contributed by atoms with van der Waals surface area (Å²) < 4.78 is 10.3. The minimum atomic E-state index is -0.639. The summed E-state index contributed by atoms with van der Waals surface area (Å²) in [5.74, 6) is 1.07. The van der Waals surface area contributed by atoms with Crippen LogP contribution >= 0.6 is 0 Å². The summed E-state index contributed by atoms with van der Waals surface area (Å²) in [6, 6.07) is 19.4. The number of nitrogen functional groups attached to an aromatic ring is 2. The molecule has 6 nitrogen and oxygen atoms in total. The van der Waals surface area contributed by atoms with Gasteiger partial charge in [-0.05, 0) is 36.4 Å². The second kappa shape index (κ2) is 7.48. The van der Waals surface area contributed by atoms with E-state index in [9.17, 15) is 4.79 Å². The quantitative estimate of drug-likeness (QED) is 0.615. The molecule has 6 heteroatoms. The number of nitrogens with two attached hydrogens (primary N) is 2. The van der Waals surface area contributed by atoms with Gasteiger partial charge in [-0.1, -0.05) is 30.3 Å². The van der Waals surface area contributed by atoms with E-state index in [-0.39, 0.29) is 0 Å². The van der Waals surface area contributed by atoms with E-state index in [0.29, 0.717) is 28.6 Å². The maximum Gasteiger partial charge on any atom is 0.417 e. The van der Waals surface area contributed by atoms with Crippen molar-refractivity contribution in [3.8, 4) is 22.6 Å². The maximum absolute atomic E-state index is 12.2. The lowest BCUT2D eigenvalue weighted by molar-refractivity contribution is 0.215. The number of anilines is 3. The monoisotopic (exact) mass is 349 g/mol. The van der Waals surface area contributed by atoms with Gasteiger partial charge in [0.15, 0.2) is 0 Å². The van der Waals surface area contributed by atoms with E-state index in [1.165, 1.54) is 0 Å². The van der Waals surface area contributed by atoms with Gasteiger partial charge in [0, 0.05) is 16.8 Å². The third kappa shape index (κ3) is 3.70. The molecule has 1 amide bonds. The second-order valence-corrected chi connectivity index (χ2v) is 5.54. The number of methoxy groups -OCH3 is 1. The van der Waals surface area contributed by atoms with Gasteiger partial charge in [-0.25, -0.2) is 4.79 Å². The lowest BCUT2D eigenvalue weighted by Crippen LogP contribution is -2.17. The molecular formula is C20H19N3O3. The first kappa shape index (κ1) is 17.2. The smallest absolute Gasteiger partial charge is 0.417 e. The molecule has 0 radical (unpaired) electrons. The van der Waals surface area contributed by atoms with Crippen LogP contribution in [0.2, 0.25) is 0 Å². The van der Waals surface area contributed by atoms with Crippen LogP contribution in [0.5, 0.6) is 11.5 Å². The van der Waals surface area contributed by atoms with Gasteiger partial charge in [-0.15, -0.1) is 0 Å². The van der Waals surface area contributed by atoms with Gasteiger partial charge >= 0.3 is 6.09 Å². The van der Waals surface area contributed by atoms with Crippen molar-refractivity contribution in [2.24, 2.45) is 0 Å². The first-order valence-electron chi connectivity index (χ1n) is 7.94. The van der Waals surface area contributed by atoms with Gasteiger partial charge in [0.1, 0.15) is 11.5 Å². The predicted octanol–water partition coefficient (Wildman–Crippen LogP) is 4.14. The van der Waals surface area contributed by atoms with Gasteiger partial charge < -0.3 is 20.9 Å². The summed E-state index contributed by atoms with van der Waals surface area (Å²) in [7, 11) is 1.57. The number of rotatable bonds is 4. The molecule has 3 rings (SSSR count). The molecule has 0 fully saturated rings. The number of para-hydroxylation sites is 2. The standard InChI is InChI=1S/C20H19N3O3/c1-25-13-9-11-14(12-10-13)26-20(24)23-18-8-4-6-16(19(18)22)15-5-2-3-7-17(15)21/h2-12H,21-22H2,1H3,(H,23,24). The molecule has 0 saturated carbocycles. The van der Waals surface area contributed by atoms with Crippen LogP contribution in [0.4, 0.5) is 21.9 Å². The maximum atomic E-state index is 12.2. The molecule has 0 aromatic heterocycles. The van der Waals surface area contributed by atoms with Crippen molar-refractivity contribution >= 4 is 23.2 Å². The molecule has 0 heterocycles. The van der Waals surface area contributed by atoms with Crippen LogP contribution < -0.4 is 26.3 Å². The van der Waals surface area contributed by atoms with E-state index in [4.69, 9.17) is 20.9 Å². The summed E-state index contributed by atoms with van der Waals surface area (Å²) in [6.07, 6.45) is -0.639. The van der Waals surface area contributed by atoms with E-state index in [0.717, 1.165) is 11.1 Å². The fraction of sp³-hybridized carbons (Fsp3) is 0.0500. The second-order valence-electron chi connectivity index (χ2n) is 5.54. The van der Waals surface area contributed by atoms with Crippen LogP contribution in [-0.2, 0) is 0 Å². The lowest BCUT2D eigenvalue weighted by atomic mass is 10.0. The Morgan fingerprint density at radius 2 is 1.50 bits per heavy atom. The van der Waals surface area contributed by atoms with Crippen LogP contribution in [0.1, 0.15) is 0 Å². The molecule has 0 aliphatic rings. The number of amides is 1. The molecule has 0 atom stereocenters. The Morgan fingerprint density at radius 1 is 0.846 bits per heavy atom. The topological polar surface area (TPSA) is 99.6 Å². The zero-order chi connectivity index (χ0) is 18.5. The summed E-state index contributed by atoms with van der Waals surface area (Å²) in [6.45, 7) is 0. The molecule has 132 valence electrons. The molecule has 0 saturated heterocycles. The third-order valence-corrected chi connectivity index (χ3v) is 3.86. The van der Waals surface area contributed by atoms with Gasteiger partial charge in [0.25, 0.3) is 0 Å². The van der Waals surface area contributed by atoms with E-state index >= 15 is 0 Å².